The maximum Gasteiger partial charge on any atom is 0.407 e. The highest BCUT2D eigenvalue weighted by Gasteiger charge is 2.45. The highest BCUT2D eigenvalue weighted by atomic mass is 32.2. The van der Waals surface area contributed by atoms with Crippen LogP contribution >= 0.6 is 0 Å². The second-order valence-electron chi connectivity index (χ2n) is 13.7. The number of hydrogen-bond donors (Lipinski definition) is 3. The third kappa shape index (κ3) is 9.99. The lowest BCUT2D eigenvalue weighted by molar-refractivity contribution is -0.133. The molecule has 1 aliphatic heterocycles. The van der Waals surface area contributed by atoms with Gasteiger partial charge < -0.3 is 20.7 Å². The molecule has 0 spiro atoms. The maximum atomic E-state index is 14.6. The number of hydrogen-bond acceptors (Lipinski definition) is 6. The van der Waals surface area contributed by atoms with E-state index in [1.54, 1.807) is 43.3 Å². The number of benzene rings is 2. The Hall–Kier alpha value is -3.51. The van der Waals surface area contributed by atoms with Gasteiger partial charge in [0.05, 0.1) is 5.75 Å². The molecule has 2 aromatic rings. The molecular weight excluding hydrogens is 623 g/mol. The van der Waals surface area contributed by atoms with Gasteiger partial charge in [0, 0.05) is 44.4 Å². The lowest BCUT2D eigenvalue weighted by Crippen LogP contribution is -2.60. The maximum absolute atomic E-state index is 14.6. The average molecular weight is 673 g/mol. The number of carbonyl (C=O) groups is 3. The number of alkyl carbamates (subject to hydrolysis) is 1. The molecule has 10 nitrogen and oxygen atoms in total. The molecular formula is C35H49FN4O6S. The Labute approximate surface area is 278 Å². The highest BCUT2D eigenvalue weighted by Crippen LogP contribution is 2.31. The molecule has 2 aromatic carbocycles. The van der Waals surface area contributed by atoms with Crippen LogP contribution in [0.3, 0.4) is 0 Å². The molecule has 12 heteroatoms. The molecule has 1 heterocycles. The van der Waals surface area contributed by atoms with E-state index < -0.39 is 45.0 Å². The van der Waals surface area contributed by atoms with Gasteiger partial charge in [-0.05, 0) is 75.6 Å². The molecule has 0 bridgehead atoms. The van der Waals surface area contributed by atoms with Gasteiger partial charge in [-0.15, -0.1) is 0 Å². The van der Waals surface area contributed by atoms with Gasteiger partial charge >= 0.3 is 6.09 Å². The largest absolute Gasteiger partial charge is 0.444 e. The molecule has 0 aromatic heterocycles. The number of nitrogens with one attached hydrogen (secondary N) is 3. The van der Waals surface area contributed by atoms with E-state index in [1.807, 2.05) is 31.2 Å². The molecule has 2 atom stereocenters. The van der Waals surface area contributed by atoms with Crippen LogP contribution in [0.25, 0.3) is 0 Å². The summed E-state index contributed by atoms with van der Waals surface area (Å²) in [6, 6.07) is 12.8. The second-order valence-corrected chi connectivity index (χ2v) is 15.8. The molecule has 47 heavy (non-hydrogen) atoms. The molecule has 4 rings (SSSR count). The summed E-state index contributed by atoms with van der Waals surface area (Å²) < 4.78 is 47.4. The topological polar surface area (TPSA) is 134 Å². The number of nitrogens with zero attached hydrogens (tertiary/aromatic N) is 1. The van der Waals surface area contributed by atoms with Crippen molar-refractivity contribution in [3.8, 4) is 0 Å². The van der Waals surface area contributed by atoms with Gasteiger partial charge in [-0.1, -0.05) is 55.8 Å². The first-order chi connectivity index (χ1) is 22.2. The summed E-state index contributed by atoms with van der Waals surface area (Å²) in [5.74, 6) is -1.18. The quantitative estimate of drug-likeness (QED) is 0.289. The van der Waals surface area contributed by atoms with Crippen LogP contribution in [0.4, 0.5) is 9.18 Å². The minimum absolute atomic E-state index is 0.0393. The molecule has 1 aliphatic carbocycles. The Kier molecular flexibility index (Phi) is 12.1. The fourth-order valence-corrected chi connectivity index (χ4v) is 8.39. The zero-order valence-electron chi connectivity index (χ0n) is 27.9. The number of piperidine rings is 1. The van der Waals surface area contributed by atoms with Crippen LogP contribution in [0.15, 0.2) is 48.5 Å². The van der Waals surface area contributed by atoms with Crippen molar-refractivity contribution >= 4 is 27.9 Å². The van der Waals surface area contributed by atoms with E-state index in [9.17, 15) is 27.2 Å². The minimum atomic E-state index is -3.37. The van der Waals surface area contributed by atoms with Crippen molar-refractivity contribution in [1.29, 1.82) is 0 Å². The summed E-state index contributed by atoms with van der Waals surface area (Å²) in [4.78, 5) is 40.3. The van der Waals surface area contributed by atoms with Gasteiger partial charge in [0.1, 0.15) is 17.0 Å². The molecule has 1 saturated heterocycles. The molecule has 2 aliphatic rings. The zero-order chi connectivity index (χ0) is 34.2. The fourth-order valence-electron chi connectivity index (χ4n) is 6.57. The van der Waals surface area contributed by atoms with Gasteiger partial charge in [0.15, 0.2) is 0 Å². The fraction of sp³-hybridized carbons (Fsp3) is 0.571. The summed E-state index contributed by atoms with van der Waals surface area (Å²) in [5.41, 5.74) is 0.167. The van der Waals surface area contributed by atoms with Crippen molar-refractivity contribution < 1.29 is 31.9 Å². The van der Waals surface area contributed by atoms with Crippen LogP contribution in [-0.4, -0.2) is 72.7 Å². The summed E-state index contributed by atoms with van der Waals surface area (Å²) in [7, 11) is -3.37. The van der Waals surface area contributed by atoms with Crippen molar-refractivity contribution in [2.24, 2.45) is 0 Å². The molecule has 1 unspecified atom stereocenters. The third-order valence-electron chi connectivity index (χ3n) is 8.65. The van der Waals surface area contributed by atoms with Crippen LogP contribution in [-0.2, 0) is 43.6 Å². The summed E-state index contributed by atoms with van der Waals surface area (Å²) >= 11 is 0. The van der Waals surface area contributed by atoms with E-state index >= 15 is 0 Å². The Balaban J connectivity index is 1.48. The smallest absolute Gasteiger partial charge is 0.407 e. The summed E-state index contributed by atoms with van der Waals surface area (Å²) in [5, 5.41) is 8.70. The van der Waals surface area contributed by atoms with Gasteiger partial charge in [-0.25, -0.2) is 17.6 Å². The normalized spacial score (nSPS) is 18.5. The average Bonchev–Trinajstić information content (AvgIpc) is 3.36. The van der Waals surface area contributed by atoms with E-state index in [1.165, 1.54) is 6.07 Å². The van der Waals surface area contributed by atoms with Crippen LogP contribution in [0.2, 0.25) is 0 Å². The number of amides is 3. The summed E-state index contributed by atoms with van der Waals surface area (Å²) in [6.07, 6.45) is 3.14. The Morgan fingerprint density at radius 1 is 1.04 bits per heavy atom. The van der Waals surface area contributed by atoms with E-state index in [2.05, 4.69) is 16.0 Å². The zero-order valence-corrected chi connectivity index (χ0v) is 28.8. The Bertz CT molecular complexity index is 1500. The van der Waals surface area contributed by atoms with Crippen LogP contribution < -0.4 is 16.0 Å². The monoisotopic (exact) mass is 672 g/mol. The molecule has 0 radical (unpaired) electrons. The van der Waals surface area contributed by atoms with Crippen LogP contribution in [0.1, 0.15) is 82.9 Å². The van der Waals surface area contributed by atoms with Crippen molar-refractivity contribution in [3.05, 3.63) is 71.0 Å². The van der Waals surface area contributed by atoms with Crippen molar-refractivity contribution in [1.82, 2.24) is 20.3 Å². The lowest BCUT2D eigenvalue weighted by Gasteiger charge is -2.35. The van der Waals surface area contributed by atoms with E-state index in [4.69, 9.17) is 4.74 Å². The number of fused-ring (bicyclic) bond motifs is 1. The van der Waals surface area contributed by atoms with E-state index in [-0.39, 0.29) is 49.9 Å². The van der Waals surface area contributed by atoms with Crippen LogP contribution in [0, 0.1) is 5.82 Å². The standard InChI is InChI=1S/C35H49FN4O6S/c1-5-20-47(44,45)40-19-11-10-15-29(40)17-18-37-32(42)35(23-26-13-6-7-14-27(26)24-35)39-31(41)22-28(38-33(43)46-34(2,3)4)21-25-12-8-9-16-30(25)36/h6-9,12-14,16,28-29H,5,10-11,15,17-24H2,1-4H3,(H,37,42)(H,38,43)(H,39,41)/t28?,29-/m1/s1. The van der Waals surface area contributed by atoms with Crippen LogP contribution in [0.5, 0.6) is 0 Å². The number of halogens is 1. The first-order valence-electron chi connectivity index (χ1n) is 16.6. The Morgan fingerprint density at radius 2 is 1.70 bits per heavy atom. The molecule has 3 N–H and O–H groups in total. The highest BCUT2D eigenvalue weighted by molar-refractivity contribution is 7.89. The summed E-state index contributed by atoms with van der Waals surface area (Å²) in [6.45, 7) is 7.76. The SMILES string of the molecule is CCCS(=O)(=O)N1CCCC[C@@H]1CCNC(=O)C1(NC(=O)CC(Cc2ccccc2F)NC(=O)OC(C)(C)C)Cc2ccccc2C1. The van der Waals surface area contributed by atoms with Crippen molar-refractivity contribution in [2.75, 3.05) is 18.8 Å². The first-order valence-corrected chi connectivity index (χ1v) is 18.2. The Morgan fingerprint density at radius 3 is 2.34 bits per heavy atom. The van der Waals surface area contributed by atoms with Gasteiger partial charge in [0.25, 0.3) is 0 Å². The number of sulfonamides is 1. The third-order valence-corrected chi connectivity index (χ3v) is 10.8. The van der Waals surface area contributed by atoms with E-state index in [0.29, 0.717) is 24.9 Å². The number of carbonyl (C=O) groups excluding carboxylic acids is 3. The molecule has 3 amide bonds. The lowest BCUT2D eigenvalue weighted by atomic mass is 9.93. The molecule has 0 saturated carbocycles. The predicted octanol–water partition coefficient (Wildman–Crippen LogP) is 4.41. The van der Waals surface area contributed by atoms with E-state index in [0.717, 1.165) is 30.4 Å². The van der Waals surface area contributed by atoms with Crippen molar-refractivity contribution in [3.63, 3.8) is 0 Å². The molecule has 1 fully saturated rings. The predicted molar refractivity (Wildman–Crippen MR) is 179 cm³/mol. The number of ether oxygens (including phenoxy) is 1. The first kappa shape index (κ1) is 36.3. The van der Waals surface area contributed by atoms with Gasteiger partial charge in [-0.3, -0.25) is 9.59 Å². The van der Waals surface area contributed by atoms with Gasteiger partial charge in [0.2, 0.25) is 21.8 Å². The van der Waals surface area contributed by atoms with Crippen molar-refractivity contribution in [2.45, 2.75) is 109 Å². The number of rotatable bonds is 13. The van der Waals surface area contributed by atoms with Gasteiger partial charge in [-0.2, -0.15) is 4.31 Å². The minimum Gasteiger partial charge on any atom is -0.444 e. The molecule has 258 valence electrons. The second kappa shape index (κ2) is 15.6.